The normalized spacial score (nSPS) is 10.6. The van der Waals surface area contributed by atoms with Gasteiger partial charge in [0.15, 0.2) is 28.8 Å². The van der Waals surface area contributed by atoms with Gasteiger partial charge in [0.1, 0.15) is 0 Å². The van der Waals surface area contributed by atoms with E-state index < -0.39 is 0 Å². The Kier molecular flexibility index (Phi) is 8.37. The van der Waals surface area contributed by atoms with Gasteiger partial charge < -0.3 is 18.9 Å². The second kappa shape index (κ2) is 10.7. The van der Waals surface area contributed by atoms with Crippen LogP contribution in [0.5, 0.6) is 23.0 Å². The van der Waals surface area contributed by atoms with E-state index in [-0.39, 0.29) is 5.78 Å². The molecular formula is C24H32O5. The van der Waals surface area contributed by atoms with Crippen molar-refractivity contribution in [2.24, 2.45) is 0 Å². The zero-order valence-corrected chi connectivity index (χ0v) is 18.4. The van der Waals surface area contributed by atoms with Crippen LogP contribution in [-0.2, 0) is 0 Å². The highest BCUT2D eigenvalue weighted by molar-refractivity contribution is 5.96. The molecule has 0 aliphatic carbocycles. The molecule has 0 saturated carbocycles. The smallest absolute Gasteiger partial charge is 0.161 e. The van der Waals surface area contributed by atoms with Crippen molar-refractivity contribution in [3.63, 3.8) is 0 Å². The Morgan fingerprint density at radius 3 is 1.62 bits per heavy atom. The number of ketones is 1. The van der Waals surface area contributed by atoms with E-state index >= 15 is 0 Å². The van der Waals surface area contributed by atoms with E-state index in [2.05, 4.69) is 13.8 Å². The van der Waals surface area contributed by atoms with Crippen LogP contribution in [0.15, 0.2) is 24.3 Å². The Hall–Kier alpha value is -2.69. The second-order valence-corrected chi connectivity index (χ2v) is 7.22. The average Bonchev–Trinajstić information content (AvgIpc) is 2.69. The van der Waals surface area contributed by atoms with Crippen molar-refractivity contribution in [1.82, 2.24) is 0 Å². The van der Waals surface area contributed by atoms with Gasteiger partial charge in [-0.15, -0.1) is 0 Å². The number of carbonyl (C=O) groups is 1. The fourth-order valence-corrected chi connectivity index (χ4v) is 3.09. The molecule has 0 N–H and O–H groups in total. The molecule has 0 saturated heterocycles. The number of hydrogen-bond donors (Lipinski definition) is 0. The summed E-state index contributed by atoms with van der Waals surface area (Å²) in [4.78, 5) is 11.7. The SMILES string of the molecule is COc1cc(C)c(C)cc1OCCCCCOc1cc(C)c(C(C)=O)cc1OC. The van der Waals surface area contributed by atoms with Crippen LogP contribution in [0.2, 0.25) is 0 Å². The van der Waals surface area contributed by atoms with Crippen molar-refractivity contribution in [2.75, 3.05) is 27.4 Å². The van der Waals surface area contributed by atoms with Crippen LogP contribution in [0, 0.1) is 20.8 Å². The number of rotatable bonds is 11. The van der Waals surface area contributed by atoms with E-state index in [4.69, 9.17) is 18.9 Å². The molecule has 0 heterocycles. The molecule has 0 atom stereocenters. The largest absolute Gasteiger partial charge is 0.493 e. The molecule has 2 aromatic carbocycles. The number of unbranched alkanes of at least 4 members (excludes halogenated alkanes) is 2. The van der Waals surface area contributed by atoms with Gasteiger partial charge in [-0.2, -0.15) is 0 Å². The van der Waals surface area contributed by atoms with Gasteiger partial charge in [-0.05, 0) is 87.9 Å². The molecule has 2 aromatic rings. The second-order valence-electron chi connectivity index (χ2n) is 7.22. The van der Waals surface area contributed by atoms with Gasteiger partial charge in [-0.1, -0.05) is 0 Å². The van der Waals surface area contributed by atoms with Gasteiger partial charge in [0, 0.05) is 5.56 Å². The van der Waals surface area contributed by atoms with Crippen LogP contribution >= 0.6 is 0 Å². The Bertz CT molecular complexity index is 842. The van der Waals surface area contributed by atoms with Crippen molar-refractivity contribution in [3.8, 4) is 23.0 Å². The number of Topliss-reactive ketones (excluding diaryl/α,β-unsaturated/α-hetero) is 1. The van der Waals surface area contributed by atoms with Gasteiger partial charge >= 0.3 is 0 Å². The van der Waals surface area contributed by atoms with E-state index in [0.717, 1.165) is 36.3 Å². The molecule has 0 aliphatic heterocycles. The summed E-state index contributed by atoms with van der Waals surface area (Å²) in [6, 6.07) is 7.64. The van der Waals surface area contributed by atoms with Crippen molar-refractivity contribution in [1.29, 1.82) is 0 Å². The molecule has 29 heavy (non-hydrogen) atoms. The summed E-state index contributed by atoms with van der Waals surface area (Å²) >= 11 is 0. The highest BCUT2D eigenvalue weighted by atomic mass is 16.5. The number of benzene rings is 2. The van der Waals surface area contributed by atoms with Gasteiger partial charge in [-0.25, -0.2) is 0 Å². The minimum absolute atomic E-state index is 0.0211. The lowest BCUT2D eigenvalue weighted by Crippen LogP contribution is -2.04. The summed E-state index contributed by atoms with van der Waals surface area (Å²) < 4.78 is 22.5. The Morgan fingerprint density at radius 1 is 0.690 bits per heavy atom. The minimum Gasteiger partial charge on any atom is -0.493 e. The molecule has 0 radical (unpaired) electrons. The maximum absolute atomic E-state index is 11.7. The number of hydrogen-bond acceptors (Lipinski definition) is 5. The molecule has 0 bridgehead atoms. The van der Waals surface area contributed by atoms with Crippen molar-refractivity contribution < 1.29 is 23.7 Å². The third-order valence-electron chi connectivity index (χ3n) is 4.97. The Morgan fingerprint density at radius 2 is 1.14 bits per heavy atom. The highest BCUT2D eigenvalue weighted by Gasteiger charge is 2.12. The Labute approximate surface area is 173 Å². The summed E-state index contributed by atoms with van der Waals surface area (Å²) in [6.07, 6.45) is 2.82. The first-order valence-electron chi connectivity index (χ1n) is 9.97. The topological polar surface area (TPSA) is 54.0 Å². The van der Waals surface area contributed by atoms with Gasteiger partial charge in [0.25, 0.3) is 0 Å². The summed E-state index contributed by atoms with van der Waals surface area (Å²) in [7, 11) is 3.24. The van der Waals surface area contributed by atoms with Gasteiger partial charge in [-0.3, -0.25) is 4.79 Å². The third-order valence-corrected chi connectivity index (χ3v) is 4.97. The van der Waals surface area contributed by atoms with E-state index in [0.29, 0.717) is 30.3 Å². The van der Waals surface area contributed by atoms with Crippen LogP contribution in [0.4, 0.5) is 0 Å². The monoisotopic (exact) mass is 400 g/mol. The van der Waals surface area contributed by atoms with E-state index in [9.17, 15) is 4.79 Å². The maximum atomic E-state index is 11.7. The minimum atomic E-state index is 0.0211. The summed E-state index contributed by atoms with van der Waals surface area (Å²) in [5.74, 6) is 2.84. The van der Waals surface area contributed by atoms with Crippen LogP contribution in [0.1, 0.15) is 53.2 Å². The van der Waals surface area contributed by atoms with E-state index in [1.54, 1.807) is 27.2 Å². The highest BCUT2D eigenvalue weighted by Crippen LogP contribution is 2.32. The standard InChI is InChI=1S/C24H32O5/c1-16-12-21(26-5)23(13-17(16)2)28-10-8-7-9-11-29-24-14-18(3)20(19(4)25)15-22(24)27-6/h12-15H,7-11H2,1-6H3. The molecule has 0 spiro atoms. The quantitative estimate of drug-likeness (QED) is 0.370. The van der Waals surface area contributed by atoms with Gasteiger partial charge in [0.2, 0.25) is 0 Å². The molecular weight excluding hydrogens is 368 g/mol. The predicted octanol–water partition coefficient (Wildman–Crippen LogP) is 5.46. The van der Waals surface area contributed by atoms with Crippen LogP contribution in [0.3, 0.4) is 0 Å². The zero-order chi connectivity index (χ0) is 21.4. The maximum Gasteiger partial charge on any atom is 0.161 e. The first-order valence-corrected chi connectivity index (χ1v) is 9.97. The number of methoxy groups -OCH3 is 2. The molecule has 0 aliphatic rings. The Balaban J connectivity index is 1.78. The third kappa shape index (κ3) is 6.14. The zero-order valence-electron chi connectivity index (χ0n) is 18.4. The summed E-state index contributed by atoms with van der Waals surface area (Å²) in [6.45, 7) is 8.81. The first-order chi connectivity index (χ1) is 13.9. The number of aryl methyl sites for hydroxylation is 3. The van der Waals surface area contributed by atoms with Crippen molar-refractivity contribution in [2.45, 2.75) is 47.0 Å². The lowest BCUT2D eigenvalue weighted by atomic mass is 10.0. The van der Waals surface area contributed by atoms with Crippen LogP contribution in [-0.4, -0.2) is 33.2 Å². The molecule has 0 fully saturated rings. The molecule has 158 valence electrons. The summed E-state index contributed by atoms with van der Waals surface area (Å²) in [5.41, 5.74) is 3.93. The van der Waals surface area contributed by atoms with Crippen LogP contribution in [0.25, 0.3) is 0 Å². The van der Waals surface area contributed by atoms with Crippen molar-refractivity contribution >= 4 is 5.78 Å². The molecule has 5 heteroatoms. The molecule has 0 aromatic heterocycles. The molecule has 5 nitrogen and oxygen atoms in total. The average molecular weight is 401 g/mol. The first kappa shape index (κ1) is 22.6. The molecule has 2 rings (SSSR count). The predicted molar refractivity (Wildman–Crippen MR) is 115 cm³/mol. The van der Waals surface area contributed by atoms with E-state index in [1.165, 1.54) is 11.1 Å². The van der Waals surface area contributed by atoms with E-state index in [1.807, 2.05) is 25.1 Å². The molecule has 0 unspecified atom stereocenters. The summed E-state index contributed by atoms with van der Waals surface area (Å²) in [5, 5.41) is 0. The van der Waals surface area contributed by atoms with Crippen molar-refractivity contribution in [3.05, 3.63) is 46.5 Å². The molecule has 0 amide bonds. The number of ether oxygens (including phenoxy) is 4. The number of carbonyl (C=O) groups excluding carboxylic acids is 1. The van der Waals surface area contributed by atoms with Crippen LogP contribution < -0.4 is 18.9 Å². The lowest BCUT2D eigenvalue weighted by Gasteiger charge is -2.14. The lowest BCUT2D eigenvalue weighted by molar-refractivity contribution is 0.101. The fraction of sp³-hybridized carbons (Fsp3) is 0.458. The fourth-order valence-electron chi connectivity index (χ4n) is 3.09. The van der Waals surface area contributed by atoms with Gasteiger partial charge in [0.05, 0.1) is 27.4 Å².